The third-order valence-corrected chi connectivity index (χ3v) is 2.86. The number of carbonyl (C=O) groups excluding carboxylic acids is 1. The van der Waals surface area contributed by atoms with E-state index in [1.165, 1.54) is 11.0 Å². The maximum absolute atomic E-state index is 12.3. The standard InChI is InChI=1S/C13H13F2NO2/c1-2-9-7-12(17)16(8-9)10-5-3-4-6-11(10)18-13(14)15/h2-6,9,13H,1,7-8H2. The van der Waals surface area contributed by atoms with E-state index in [-0.39, 0.29) is 17.6 Å². The molecule has 0 saturated carbocycles. The van der Waals surface area contributed by atoms with Gasteiger partial charge < -0.3 is 9.64 Å². The summed E-state index contributed by atoms with van der Waals surface area (Å²) >= 11 is 0. The molecule has 2 rings (SSSR count). The van der Waals surface area contributed by atoms with Gasteiger partial charge in [0.2, 0.25) is 5.91 Å². The molecule has 18 heavy (non-hydrogen) atoms. The molecule has 1 aliphatic heterocycles. The fraction of sp³-hybridized carbons (Fsp3) is 0.308. The van der Waals surface area contributed by atoms with E-state index in [1.54, 1.807) is 24.3 Å². The molecule has 3 nitrogen and oxygen atoms in total. The molecule has 96 valence electrons. The van der Waals surface area contributed by atoms with Gasteiger partial charge in [-0.05, 0) is 12.1 Å². The highest BCUT2D eigenvalue weighted by molar-refractivity contribution is 5.97. The number of benzene rings is 1. The summed E-state index contributed by atoms with van der Waals surface area (Å²) in [6.07, 6.45) is 2.06. The Morgan fingerprint density at radius 2 is 2.17 bits per heavy atom. The number of anilines is 1. The minimum absolute atomic E-state index is 0.0190. The topological polar surface area (TPSA) is 29.5 Å². The van der Waals surface area contributed by atoms with Gasteiger partial charge in [0.1, 0.15) is 5.75 Å². The molecule has 5 heteroatoms. The van der Waals surface area contributed by atoms with Crippen molar-refractivity contribution in [3.63, 3.8) is 0 Å². The van der Waals surface area contributed by atoms with Gasteiger partial charge >= 0.3 is 6.61 Å². The highest BCUT2D eigenvalue weighted by atomic mass is 19.3. The normalized spacial score (nSPS) is 19.4. The average molecular weight is 253 g/mol. The van der Waals surface area contributed by atoms with E-state index in [0.717, 1.165) is 0 Å². The van der Waals surface area contributed by atoms with Crippen molar-refractivity contribution < 1.29 is 18.3 Å². The van der Waals surface area contributed by atoms with Gasteiger partial charge in [0.25, 0.3) is 0 Å². The molecule has 1 saturated heterocycles. The first kappa shape index (κ1) is 12.5. The van der Waals surface area contributed by atoms with Gasteiger partial charge in [-0.15, -0.1) is 6.58 Å². The van der Waals surface area contributed by atoms with Crippen LogP contribution in [0.25, 0.3) is 0 Å². The zero-order valence-corrected chi connectivity index (χ0v) is 9.68. The number of amides is 1. The number of carbonyl (C=O) groups is 1. The van der Waals surface area contributed by atoms with E-state index in [9.17, 15) is 13.6 Å². The minimum atomic E-state index is -2.90. The Morgan fingerprint density at radius 1 is 1.44 bits per heavy atom. The van der Waals surface area contributed by atoms with Gasteiger partial charge in [0.15, 0.2) is 0 Å². The summed E-state index contributed by atoms with van der Waals surface area (Å²) in [7, 11) is 0. The second-order valence-corrected chi connectivity index (χ2v) is 4.05. The zero-order chi connectivity index (χ0) is 13.1. The van der Waals surface area contributed by atoms with Crippen LogP contribution in [0.3, 0.4) is 0 Å². The molecule has 0 radical (unpaired) electrons. The lowest BCUT2D eigenvalue weighted by Gasteiger charge is -2.19. The first-order valence-electron chi connectivity index (χ1n) is 5.58. The molecule has 1 unspecified atom stereocenters. The van der Waals surface area contributed by atoms with Crippen molar-refractivity contribution in [1.82, 2.24) is 0 Å². The van der Waals surface area contributed by atoms with Crippen LogP contribution in [-0.4, -0.2) is 19.1 Å². The van der Waals surface area contributed by atoms with Gasteiger partial charge in [-0.2, -0.15) is 8.78 Å². The fourth-order valence-electron chi connectivity index (χ4n) is 2.00. The van der Waals surface area contributed by atoms with Crippen molar-refractivity contribution in [3.05, 3.63) is 36.9 Å². The quantitative estimate of drug-likeness (QED) is 0.772. The first-order valence-corrected chi connectivity index (χ1v) is 5.58. The summed E-state index contributed by atoms with van der Waals surface area (Å²) in [5.41, 5.74) is 0.382. The minimum Gasteiger partial charge on any atom is -0.433 e. The monoisotopic (exact) mass is 253 g/mol. The zero-order valence-electron chi connectivity index (χ0n) is 9.68. The van der Waals surface area contributed by atoms with Crippen molar-refractivity contribution in [1.29, 1.82) is 0 Å². The maximum Gasteiger partial charge on any atom is 0.387 e. The van der Waals surface area contributed by atoms with Crippen molar-refractivity contribution in [3.8, 4) is 5.75 Å². The first-order chi connectivity index (χ1) is 8.61. The van der Waals surface area contributed by atoms with Crippen molar-refractivity contribution in [2.45, 2.75) is 13.0 Å². The third kappa shape index (κ3) is 2.50. The Hall–Kier alpha value is -1.91. The molecule has 1 heterocycles. The van der Waals surface area contributed by atoms with E-state index in [0.29, 0.717) is 18.7 Å². The van der Waals surface area contributed by atoms with E-state index < -0.39 is 6.61 Å². The molecule has 1 fully saturated rings. The number of alkyl halides is 2. The van der Waals surface area contributed by atoms with Crippen LogP contribution in [0.1, 0.15) is 6.42 Å². The molecule has 0 aliphatic carbocycles. The van der Waals surface area contributed by atoms with Crippen molar-refractivity contribution in [2.24, 2.45) is 5.92 Å². The van der Waals surface area contributed by atoms with Crippen LogP contribution in [0.2, 0.25) is 0 Å². The molecule has 1 amide bonds. The fourth-order valence-corrected chi connectivity index (χ4v) is 2.00. The number of halogens is 2. The predicted molar refractivity (Wildman–Crippen MR) is 63.7 cm³/mol. The molecule has 0 aromatic heterocycles. The molecule has 0 N–H and O–H groups in total. The van der Waals surface area contributed by atoms with Crippen LogP contribution in [0, 0.1) is 5.92 Å². The largest absolute Gasteiger partial charge is 0.433 e. The molecule has 0 bridgehead atoms. The second kappa shape index (κ2) is 5.16. The van der Waals surface area contributed by atoms with Gasteiger partial charge in [-0.1, -0.05) is 18.2 Å². The lowest BCUT2D eigenvalue weighted by molar-refractivity contribution is -0.117. The van der Waals surface area contributed by atoms with Gasteiger partial charge in [0.05, 0.1) is 5.69 Å². The number of para-hydroxylation sites is 2. The Labute approximate surface area is 104 Å². The van der Waals surface area contributed by atoms with Gasteiger partial charge in [-0.25, -0.2) is 0 Å². The molecular formula is C13H13F2NO2. The van der Waals surface area contributed by atoms with E-state index >= 15 is 0 Å². The number of hydrogen-bond acceptors (Lipinski definition) is 2. The summed E-state index contributed by atoms with van der Waals surface area (Å²) in [4.78, 5) is 13.3. The van der Waals surface area contributed by atoms with E-state index in [1.807, 2.05) is 0 Å². The number of hydrogen-bond donors (Lipinski definition) is 0. The Morgan fingerprint density at radius 3 is 2.78 bits per heavy atom. The van der Waals surface area contributed by atoms with Crippen LogP contribution in [0.4, 0.5) is 14.5 Å². The highest BCUT2D eigenvalue weighted by Gasteiger charge is 2.30. The van der Waals surface area contributed by atoms with Crippen molar-refractivity contribution in [2.75, 3.05) is 11.4 Å². The van der Waals surface area contributed by atoms with Crippen LogP contribution in [0.15, 0.2) is 36.9 Å². The van der Waals surface area contributed by atoms with Crippen LogP contribution in [0.5, 0.6) is 5.75 Å². The lowest BCUT2D eigenvalue weighted by Crippen LogP contribution is -2.25. The molecule has 1 atom stereocenters. The van der Waals surface area contributed by atoms with Crippen LogP contribution >= 0.6 is 0 Å². The summed E-state index contributed by atoms with van der Waals surface area (Å²) in [5.74, 6) is -0.0344. The molecule has 1 aromatic carbocycles. The van der Waals surface area contributed by atoms with Gasteiger partial charge in [0, 0.05) is 18.9 Å². The Bertz CT molecular complexity index is 462. The Kier molecular flexibility index (Phi) is 3.60. The average Bonchev–Trinajstić information content (AvgIpc) is 2.70. The highest BCUT2D eigenvalue weighted by Crippen LogP contribution is 2.33. The Balaban J connectivity index is 2.27. The second-order valence-electron chi connectivity index (χ2n) is 4.05. The predicted octanol–water partition coefficient (Wildman–Crippen LogP) is 2.83. The summed E-state index contributed by atoms with van der Waals surface area (Å²) < 4.78 is 29.0. The lowest BCUT2D eigenvalue weighted by atomic mass is 10.1. The number of nitrogens with zero attached hydrogens (tertiary/aromatic N) is 1. The van der Waals surface area contributed by atoms with E-state index in [4.69, 9.17) is 0 Å². The molecule has 0 spiro atoms. The number of rotatable bonds is 4. The molecular weight excluding hydrogens is 240 g/mol. The number of ether oxygens (including phenoxy) is 1. The SMILES string of the molecule is C=CC1CC(=O)N(c2ccccc2OC(F)F)C1. The summed E-state index contributed by atoms with van der Waals surface area (Å²) in [5, 5.41) is 0. The summed E-state index contributed by atoms with van der Waals surface area (Å²) in [6.45, 7) is 1.19. The summed E-state index contributed by atoms with van der Waals surface area (Å²) in [6, 6.07) is 6.30. The van der Waals surface area contributed by atoms with Gasteiger partial charge in [-0.3, -0.25) is 4.79 Å². The molecule has 1 aromatic rings. The van der Waals surface area contributed by atoms with Crippen molar-refractivity contribution >= 4 is 11.6 Å². The van der Waals surface area contributed by atoms with Crippen LogP contribution < -0.4 is 9.64 Å². The third-order valence-electron chi connectivity index (χ3n) is 2.86. The smallest absolute Gasteiger partial charge is 0.387 e. The van der Waals surface area contributed by atoms with E-state index in [2.05, 4.69) is 11.3 Å². The molecule has 1 aliphatic rings. The maximum atomic E-state index is 12.3. The van der Waals surface area contributed by atoms with Crippen LogP contribution in [-0.2, 0) is 4.79 Å².